The number of carbonyl (C=O) groups is 1. The second-order valence-electron chi connectivity index (χ2n) is 5.61. The molecule has 178 valence electrons. The van der Waals surface area contributed by atoms with Gasteiger partial charge in [0.2, 0.25) is 12.2 Å². The molecule has 23 heteroatoms. The molecule has 0 spiro atoms. The van der Waals surface area contributed by atoms with Crippen molar-refractivity contribution in [3.8, 4) is 5.88 Å². The van der Waals surface area contributed by atoms with Crippen LogP contribution in [0.2, 0.25) is 0 Å². The van der Waals surface area contributed by atoms with Gasteiger partial charge < -0.3 is 34.7 Å². The zero-order chi connectivity index (χ0) is 24.1. The predicted molar refractivity (Wildman–Crippen MR) is 89.9 cm³/mol. The van der Waals surface area contributed by atoms with Crippen molar-refractivity contribution in [2.45, 2.75) is 18.3 Å². The minimum atomic E-state index is -5.97. The van der Waals surface area contributed by atoms with Crippen LogP contribution in [-0.4, -0.2) is 73.2 Å². The van der Waals surface area contributed by atoms with Gasteiger partial charge in [-0.2, -0.15) is 13.6 Å². The first-order valence-corrected chi connectivity index (χ1v) is 12.0. The van der Waals surface area contributed by atoms with E-state index in [0.717, 1.165) is 12.7 Å². The van der Waals surface area contributed by atoms with E-state index in [4.69, 9.17) is 14.7 Å². The highest BCUT2D eigenvalue weighted by atomic mass is 31.3. The molecule has 1 saturated heterocycles. The van der Waals surface area contributed by atoms with E-state index >= 15 is 0 Å². The predicted octanol–water partition coefficient (Wildman–Crippen LogP) is -1.10. The lowest BCUT2D eigenvalue weighted by atomic mass is 10.1. The van der Waals surface area contributed by atoms with Gasteiger partial charge in [0, 0.05) is 0 Å². The highest BCUT2D eigenvalue weighted by Gasteiger charge is 2.60. The van der Waals surface area contributed by atoms with Crippen LogP contribution < -0.4 is 0 Å². The molecular formula is C9H11N4O16P3. The molecule has 2 aromatic rings. The molecule has 3 rings (SSSR count). The van der Waals surface area contributed by atoms with Gasteiger partial charge in [0.05, 0.1) is 0 Å². The Morgan fingerprint density at radius 1 is 1.09 bits per heavy atom. The monoisotopic (exact) mass is 524 g/mol. The number of nitrogens with zero attached hydrogens (tertiary/aromatic N) is 4. The van der Waals surface area contributed by atoms with Crippen molar-refractivity contribution in [2.75, 3.05) is 0 Å². The van der Waals surface area contributed by atoms with Gasteiger partial charge in [0.1, 0.15) is 12.7 Å². The smallest absolute Gasteiger partial charge is 0.492 e. The van der Waals surface area contributed by atoms with Crippen LogP contribution in [0, 0.1) is 0 Å². The number of rotatable bonds is 8. The molecule has 0 bridgehead atoms. The van der Waals surface area contributed by atoms with Gasteiger partial charge in [0.25, 0.3) is 5.91 Å². The van der Waals surface area contributed by atoms with Crippen molar-refractivity contribution in [3.05, 3.63) is 12.7 Å². The third-order valence-electron chi connectivity index (χ3n) is 3.44. The van der Waals surface area contributed by atoms with Crippen LogP contribution in [0.15, 0.2) is 12.7 Å². The maximum atomic E-state index is 11.9. The summed E-state index contributed by atoms with van der Waals surface area (Å²) < 4.78 is 54.7. The number of imidazole rings is 1. The Hall–Kier alpha value is -2.05. The number of fused-ring (bicyclic) bond motifs is 1. The number of aromatic nitrogens is 4. The van der Waals surface area contributed by atoms with E-state index < -0.39 is 53.8 Å². The summed E-state index contributed by atoms with van der Waals surface area (Å²) in [7, 11) is -17.5. The minimum Gasteiger partial charge on any atom is -0.492 e. The Labute approximate surface area is 174 Å². The number of aliphatic hydroxyl groups excluding tert-OH is 1. The van der Waals surface area contributed by atoms with Crippen LogP contribution in [-0.2, 0) is 42.0 Å². The number of carboxylic acid groups (broad SMARTS) is 1. The van der Waals surface area contributed by atoms with Gasteiger partial charge in [-0.05, 0) is 0 Å². The SMILES string of the molecule is O=C(O)OP(=O)(O)OP(=O)(O)OP(=O)(O)OC1OC(O)(n2cnc3c(O)ncnc32)[C@H]1O. The standard InChI is InChI=1S/C9H11N4O16P3/c14-4-7(25-9(4,18)13-2-12-3-5(13)10-1-11-6(3)15)26-30(19,20)28-32(23,24)29-31(21,22)27-8(16)17/h1-2,4,7,14,18H,(H,16,17)(H,19,20)(H,21,22)(H,23,24)(H,10,11,15)/t4-,7?,9?/m0/s1. The van der Waals surface area contributed by atoms with E-state index in [1.54, 1.807) is 0 Å². The molecule has 0 saturated carbocycles. The topological polar surface area (TPSA) is 300 Å². The number of phosphoric acid groups is 3. The van der Waals surface area contributed by atoms with Crippen molar-refractivity contribution in [1.29, 1.82) is 0 Å². The van der Waals surface area contributed by atoms with Gasteiger partial charge in [-0.3, -0.25) is 18.7 Å². The summed E-state index contributed by atoms with van der Waals surface area (Å²) >= 11 is 0. The normalized spacial score (nSPS) is 28.8. The Kier molecular flexibility index (Phi) is 6.20. The first-order chi connectivity index (χ1) is 14.6. The lowest BCUT2D eigenvalue weighted by Gasteiger charge is -2.47. The van der Waals surface area contributed by atoms with Crippen LogP contribution in [0.4, 0.5) is 4.79 Å². The number of hydrogen-bond donors (Lipinski definition) is 7. The fraction of sp³-hybridized carbons (Fsp3) is 0.333. The molecule has 20 nitrogen and oxygen atoms in total. The van der Waals surface area contributed by atoms with E-state index in [1.807, 2.05) is 0 Å². The number of aromatic hydroxyl groups is 1. The first kappa shape index (κ1) is 24.6. The molecule has 0 amide bonds. The Balaban J connectivity index is 1.70. The van der Waals surface area contributed by atoms with Gasteiger partial charge in [-0.25, -0.2) is 28.5 Å². The van der Waals surface area contributed by atoms with E-state index in [1.165, 1.54) is 0 Å². The molecule has 3 heterocycles. The van der Waals surface area contributed by atoms with Crippen LogP contribution >= 0.6 is 23.5 Å². The lowest BCUT2D eigenvalue weighted by molar-refractivity contribution is -0.467. The zero-order valence-electron chi connectivity index (χ0n) is 14.7. The second kappa shape index (κ2) is 8.07. The maximum absolute atomic E-state index is 11.9. The van der Waals surface area contributed by atoms with Gasteiger partial charge in [-0.1, -0.05) is 0 Å². The van der Waals surface area contributed by atoms with Crippen molar-refractivity contribution >= 4 is 40.8 Å². The van der Waals surface area contributed by atoms with Crippen molar-refractivity contribution in [1.82, 2.24) is 19.5 Å². The molecule has 0 aliphatic carbocycles. The van der Waals surface area contributed by atoms with Crippen LogP contribution in [0.1, 0.15) is 0 Å². The fourth-order valence-electron chi connectivity index (χ4n) is 2.29. The van der Waals surface area contributed by atoms with E-state index in [-0.39, 0.29) is 11.2 Å². The van der Waals surface area contributed by atoms with Crippen LogP contribution in [0.25, 0.3) is 11.2 Å². The van der Waals surface area contributed by atoms with E-state index in [9.17, 15) is 43.6 Å². The third kappa shape index (κ3) is 4.96. The molecule has 0 radical (unpaired) electrons. The zero-order valence-corrected chi connectivity index (χ0v) is 17.4. The van der Waals surface area contributed by atoms with Gasteiger partial charge >= 0.3 is 29.6 Å². The van der Waals surface area contributed by atoms with Gasteiger partial charge in [-0.15, -0.1) is 0 Å². The summed E-state index contributed by atoms with van der Waals surface area (Å²) in [6, 6.07) is 0. The minimum absolute atomic E-state index is 0.215. The Morgan fingerprint density at radius 3 is 2.31 bits per heavy atom. The second-order valence-corrected chi connectivity index (χ2v) is 10.1. The largest absolute Gasteiger partial charge is 0.541 e. The maximum Gasteiger partial charge on any atom is 0.541 e. The molecule has 1 fully saturated rings. The quantitative estimate of drug-likeness (QED) is 0.201. The van der Waals surface area contributed by atoms with Crippen molar-refractivity contribution in [3.63, 3.8) is 0 Å². The van der Waals surface area contributed by atoms with Crippen molar-refractivity contribution in [2.24, 2.45) is 0 Å². The van der Waals surface area contributed by atoms with E-state index in [2.05, 4.69) is 32.6 Å². The molecule has 6 atom stereocenters. The lowest BCUT2D eigenvalue weighted by Crippen LogP contribution is -2.65. The fourth-order valence-corrected chi connectivity index (χ4v) is 5.67. The highest BCUT2D eigenvalue weighted by molar-refractivity contribution is 7.67. The van der Waals surface area contributed by atoms with Crippen LogP contribution in [0.5, 0.6) is 5.88 Å². The molecule has 2 aromatic heterocycles. The third-order valence-corrected chi connectivity index (χ3v) is 7.60. The average Bonchev–Trinajstić information content (AvgIpc) is 3.03. The summed E-state index contributed by atoms with van der Waals surface area (Å²) in [5.74, 6) is -3.30. The van der Waals surface area contributed by atoms with Gasteiger partial charge in [0.15, 0.2) is 17.3 Å². The number of ether oxygens (including phenoxy) is 1. The number of phosphoric ester groups is 2. The Morgan fingerprint density at radius 2 is 1.72 bits per heavy atom. The summed E-state index contributed by atoms with van der Waals surface area (Å²) in [6.07, 6.45) is -5.06. The molecule has 1 aliphatic rings. The number of aliphatic hydroxyl groups is 2. The molecule has 1 aliphatic heterocycles. The summed E-state index contributed by atoms with van der Waals surface area (Å²) in [5, 5.41) is 38.3. The first-order valence-electron chi connectivity index (χ1n) is 7.53. The highest BCUT2D eigenvalue weighted by Crippen LogP contribution is 2.68. The molecule has 5 unspecified atom stereocenters. The Bertz CT molecular complexity index is 1200. The molecule has 32 heavy (non-hydrogen) atoms. The molecule has 7 N–H and O–H groups in total. The molecular weight excluding hydrogens is 513 g/mol. The summed E-state index contributed by atoms with van der Waals surface area (Å²) in [6.45, 7) is 0. The number of hydrogen-bond acceptors (Lipinski definition) is 15. The van der Waals surface area contributed by atoms with Crippen molar-refractivity contribution < 1.29 is 76.0 Å². The van der Waals surface area contributed by atoms with Crippen LogP contribution in [0.3, 0.4) is 0 Å². The van der Waals surface area contributed by atoms with E-state index in [0.29, 0.717) is 4.57 Å². The summed E-state index contributed by atoms with van der Waals surface area (Å²) in [4.78, 5) is 48.7. The summed E-state index contributed by atoms with van der Waals surface area (Å²) in [5.41, 5.74) is -0.459. The average molecular weight is 524 g/mol. The molecule has 0 aromatic carbocycles.